The molecule has 0 spiro atoms. The zero-order valence-corrected chi connectivity index (χ0v) is 16.3. The molecule has 0 saturated heterocycles. The van der Waals surface area contributed by atoms with Crippen molar-refractivity contribution in [3.63, 3.8) is 0 Å². The predicted octanol–water partition coefficient (Wildman–Crippen LogP) is 3.35. The van der Waals surface area contributed by atoms with E-state index in [1.807, 2.05) is 0 Å². The summed E-state index contributed by atoms with van der Waals surface area (Å²) in [6.45, 7) is 2.78. The Morgan fingerprint density at radius 1 is 1.37 bits per heavy atom. The number of hydrogen-bond donors (Lipinski definition) is 2. The summed E-state index contributed by atoms with van der Waals surface area (Å²) in [4.78, 5) is 28.0. The highest BCUT2D eigenvalue weighted by Gasteiger charge is 2.45. The molecule has 2 aromatic rings. The standard InChI is InChI=1S/C19H21F4N5O2/c1-9-14(10(2)16(20)21)27-28(8-11-6-19(22,23)7-11)15(9)18(30)26-12-3-4-25-13(5-12)17(24)29/h3-5,10-11,16H,6-8H2,1-2H3,(H2,24,29)(H,25,26,30)/t10-/m1/s1. The number of aromatic nitrogens is 3. The molecule has 2 heterocycles. The second-order valence-corrected chi connectivity index (χ2v) is 7.54. The lowest BCUT2D eigenvalue weighted by molar-refractivity contribution is -0.114. The molecule has 0 radical (unpaired) electrons. The van der Waals surface area contributed by atoms with Gasteiger partial charge in [0.1, 0.15) is 11.4 Å². The van der Waals surface area contributed by atoms with E-state index in [0.29, 0.717) is 0 Å². The average molecular weight is 427 g/mol. The minimum Gasteiger partial charge on any atom is -0.364 e. The third kappa shape index (κ3) is 4.44. The van der Waals surface area contributed by atoms with Crippen LogP contribution in [0.4, 0.5) is 23.2 Å². The van der Waals surface area contributed by atoms with Gasteiger partial charge in [-0.1, -0.05) is 6.92 Å². The molecule has 7 nitrogen and oxygen atoms in total. The van der Waals surface area contributed by atoms with Gasteiger partial charge in [-0.25, -0.2) is 17.6 Å². The summed E-state index contributed by atoms with van der Waals surface area (Å²) in [6.07, 6.45) is -2.12. The van der Waals surface area contributed by atoms with Gasteiger partial charge in [0.25, 0.3) is 11.8 Å². The molecule has 0 bridgehead atoms. The zero-order chi connectivity index (χ0) is 22.2. The van der Waals surface area contributed by atoms with E-state index < -0.39 is 36.0 Å². The molecular formula is C19H21F4N5O2. The highest BCUT2D eigenvalue weighted by atomic mass is 19.3. The van der Waals surface area contributed by atoms with Crippen molar-refractivity contribution in [1.82, 2.24) is 14.8 Å². The molecule has 1 saturated carbocycles. The molecule has 162 valence electrons. The van der Waals surface area contributed by atoms with Crippen LogP contribution in [0.3, 0.4) is 0 Å². The van der Waals surface area contributed by atoms with Crippen molar-refractivity contribution in [3.05, 3.63) is 41.0 Å². The van der Waals surface area contributed by atoms with E-state index in [-0.39, 0.29) is 47.7 Å². The summed E-state index contributed by atoms with van der Waals surface area (Å²) in [6, 6.07) is 2.70. The highest BCUT2D eigenvalue weighted by Crippen LogP contribution is 2.43. The maximum absolute atomic E-state index is 13.2. The van der Waals surface area contributed by atoms with Crippen LogP contribution in [0, 0.1) is 12.8 Å². The van der Waals surface area contributed by atoms with E-state index in [1.54, 1.807) is 0 Å². The first-order valence-electron chi connectivity index (χ1n) is 9.29. The van der Waals surface area contributed by atoms with Gasteiger partial charge in [0.2, 0.25) is 12.3 Å². The van der Waals surface area contributed by atoms with Crippen LogP contribution in [-0.2, 0) is 6.54 Å². The van der Waals surface area contributed by atoms with Gasteiger partial charge < -0.3 is 11.1 Å². The van der Waals surface area contributed by atoms with Crippen molar-refractivity contribution in [2.24, 2.45) is 11.7 Å². The van der Waals surface area contributed by atoms with Crippen molar-refractivity contribution in [2.45, 2.75) is 51.5 Å². The molecule has 30 heavy (non-hydrogen) atoms. The minimum absolute atomic E-state index is 0.00477. The van der Waals surface area contributed by atoms with Gasteiger partial charge in [0, 0.05) is 36.8 Å². The SMILES string of the molecule is Cc1c([C@@H](C)C(F)F)nn(CC2CC(F)(F)C2)c1C(=O)Nc1ccnc(C(N)=O)c1. The van der Waals surface area contributed by atoms with Gasteiger partial charge in [0.05, 0.1) is 11.6 Å². The highest BCUT2D eigenvalue weighted by molar-refractivity contribution is 6.04. The molecule has 2 aromatic heterocycles. The van der Waals surface area contributed by atoms with Crippen LogP contribution in [0.25, 0.3) is 0 Å². The predicted molar refractivity (Wildman–Crippen MR) is 99.8 cm³/mol. The number of nitrogens with two attached hydrogens (primary N) is 1. The Balaban J connectivity index is 1.91. The Bertz CT molecular complexity index is 968. The van der Waals surface area contributed by atoms with E-state index in [9.17, 15) is 27.2 Å². The minimum atomic E-state index is -2.75. The molecule has 0 aliphatic heterocycles. The summed E-state index contributed by atoms with van der Waals surface area (Å²) in [5.74, 6) is -5.85. The lowest BCUT2D eigenvalue weighted by Gasteiger charge is -2.35. The molecule has 2 amide bonds. The first-order chi connectivity index (χ1) is 14.0. The van der Waals surface area contributed by atoms with Gasteiger partial charge in [-0.05, 0) is 25.0 Å². The zero-order valence-electron chi connectivity index (χ0n) is 16.3. The molecule has 1 atom stereocenters. The summed E-state index contributed by atoms with van der Waals surface area (Å²) in [7, 11) is 0. The van der Waals surface area contributed by atoms with Crippen LogP contribution in [0.1, 0.15) is 57.9 Å². The average Bonchev–Trinajstić information content (AvgIpc) is 2.95. The number of rotatable bonds is 7. The van der Waals surface area contributed by atoms with Crippen molar-refractivity contribution < 1.29 is 27.2 Å². The number of carbonyl (C=O) groups is 2. The fourth-order valence-electron chi connectivity index (χ4n) is 3.53. The van der Waals surface area contributed by atoms with Gasteiger partial charge >= 0.3 is 0 Å². The van der Waals surface area contributed by atoms with E-state index in [2.05, 4.69) is 15.4 Å². The van der Waals surface area contributed by atoms with Crippen LogP contribution < -0.4 is 11.1 Å². The van der Waals surface area contributed by atoms with Crippen molar-refractivity contribution >= 4 is 17.5 Å². The Kier molecular flexibility index (Phi) is 5.82. The Morgan fingerprint density at radius 3 is 2.60 bits per heavy atom. The molecule has 1 aliphatic rings. The normalized spacial score (nSPS) is 16.9. The fraction of sp³-hybridized carbons (Fsp3) is 0.474. The molecular weight excluding hydrogens is 406 g/mol. The van der Waals surface area contributed by atoms with Crippen LogP contribution in [-0.4, -0.2) is 38.9 Å². The second-order valence-electron chi connectivity index (χ2n) is 7.54. The maximum atomic E-state index is 13.2. The monoisotopic (exact) mass is 427 g/mol. The van der Waals surface area contributed by atoms with E-state index in [0.717, 1.165) is 0 Å². The molecule has 1 fully saturated rings. The molecule has 3 rings (SSSR count). The molecule has 3 N–H and O–H groups in total. The summed E-state index contributed by atoms with van der Waals surface area (Å²) in [5, 5.41) is 6.71. The van der Waals surface area contributed by atoms with Gasteiger partial charge in [-0.15, -0.1) is 0 Å². The van der Waals surface area contributed by atoms with E-state index in [1.165, 1.54) is 36.9 Å². The van der Waals surface area contributed by atoms with Crippen LogP contribution in [0.2, 0.25) is 0 Å². The molecule has 11 heteroatoms. The number of nitrogens with zero attached hydrogens (tertiary/aromatic N) is 3. The third-order valence-electron chi connectivity index (χ3n) is 5.13. The lowest BCUT2D eigenvalue weighted by Crippen LogP contribution is -2.38. The Labute approximate surface area is 169 Å². The number of amides is 2. The topological polar surface area (TPSA) is 103 Å². The Morgan fingerprint density at radius 2 is 2.03 bits per heavy atom. The lowest BCUT2D eigenvalue weighted by atomic mass is 9.81. The number of hydrogen-bond acceptors (Lipinski definition) is 4. The number of carbonyl (C=O) groups excluding carboxylic acids is 2. The van der Waals surface area contributed by atoms with Crippen LogP contribution >= 0.6 is 0 Å². The number of pyridine rings is 1. The smallest absolute Gasteiger partial charge is 0.274 e. The number of nitrogens with one attached hydrogen (secondary N) is 1. The van der Waals surface area contributed by atoms with Crippen LogP contribution in [0.15, 0.2) is 18.3 Å². The van der Waals surface area contributed by atoms with Crippen molar-refractivity contribution in [1.29, 1.82) is 0 Å². The molecule has 0 unspecified atom stereocenters. The number of primary amides is 1. The first-order valence-corrected chi connectivity index (χ1v) is 9.29. The number of anilines is 1. The van der Waals surface area contributed by atoms with Gasteiger partial charge in [-0.3, -0.25) is 19.3 Å². The Hall–Kier alpha value is -2.98. The summed E-state index contributed by atoms with van der Waals surface area (Å²) in [5.41, 5.74) is 5.61. The number of alkyl halides is 4. The van der Waals surface area contributed by atoms with E-state index in [4.69, 9.17) is 5.73 Å². The summed E-state index contributed by atoms with van der Waals surface area (Å²) >= 11 is 0. The van der Waals surface area contributed by atoms with Crippen LogP contribution in [0.5, 0.6) is 0 Å². The van der Waals surface area contributed by atoms with Crippen molar-refractivity contribution in [3.8, 4) is 0 Å². The number of halogens is 4. The fourth-order valence-corrected chi connectivity index (χ4v) is 3.53. The quantitative estimate of drug-likeness (QED) is 0.662. The first kappa shape index (κ1) is 21.7. The second kappa shape index (κ2) is 8.04. The molecule has 0 aromatic carbocycles. The van der Waals surface area contributed by atoms with E-state index >= 15 is 0 Å². The van der Waals surface area contributed by atoms with Crippen molar-refractivity contribution in [2.75, 3.05) is 5.32 Å². The van der Waals surface area contributed by atoms with Gasteiger partial charge in [0.15, 0.2) is 0 Å². The van der Waals surface area contributed by atoms with Gasteiger partial charge in [-0.2, -0.15) is 5.10 Å². The molecule has 1 aliphatic carbocycles. The largest absolute Gasteiger partial charge is 0.364 e. The third-order valence-corrected chi connectivity index (χ3v) is 5.13. The summed E-state index contributed by atoms with van der Waals surface area (Å²) < 4.78 is 54.1. The maximum Gasteiger partial charge on any atom is 0.274 e.